The minimum atomic E-state index is -0.142. The van der Waals surface area contributed by atoms with Gasteiger partial charge >= 0.3 is 5.97 Å². The van der Waals surface area contributed by atoms with Crippen LogP contribution in [0.15, 0.2) is 42.6 Å². The summed E-state index contributed by atoms with van der Waals surface area (Å²) in [6.45, 7) is 3.42. The van der Waals surface area contributed by atoms with Crippen LogP contribution in [-0.2, 0) is 20.7 Å². The van der Waals surface area contributed by atoms with Crippen molar-refractivity contribution in [2.24, 2.45) is 5.92 Å². The lowest BCUT2D eigenvalue weighted by molar-refractivity contribution is -0.151. The van der Waals surface area contributed by atoms with Gasteiger partial charge in [0.05, 0.1) is 18.9 Å². The molecule has 0 saturated carbocycles. The van der Waals surface area contributed by atoms with Crippen LogP contribution in [0.2, 0.25) is 5.02 Å². The Morgan fingerprint density at radius 1 is 1.15 bits per heavy atom. The van der Waals surface area contributed by atoms with Crippen LogP contribution in [0.4, 0.5) is 0 Å². The van der Waals surface area contributed by atoms with Crippen molar-refractivity contribution in [1.29, 1.82) is 0 Å². The van der Waals surface area contributed by atoms with Gasteiger partial charge in [-0.2, -0.15) is 0 Å². The van der Waals surface area contributed by atoms with Crippen LogP contribution in [0.5, 0.6) is 0 Å². The highest BCUT2D eigenvalue weighted by molar-refractivity contribution is 6.30. The molecule has 3 rings (SSSR count). The quantitative estimate of drug-likeness (QED) is 0.753. The summed E-state index contributed by atoms with van der Waals surface area (Å²) in [6, 6.07) is 11.4. The first kappa shape index (κ1) is 18.5. The maximum Gasteiger partial charge on any atom is 0.309 e. The van der Waals surface area contributed by atoms with E-state index in [2.05, 4.69) is 0 Å². The first-order chi connectivity index (χ1) is 12.6. The molecule has 1 aliphatic rings. The number of nitrogens with zero attached hydrogens (tertiary/aromatic N) is 2. The van der Waals surface area contributed by atoms with E-state index >= 15 is 0 Å². The van der Waals surface area contributed by atoms with Crippen molar-refractivity contribution < 1.29 is 14.3 Å². The van der Waals surface area contributed by atoms with Crippen LogP contribution in [0.1, 0.15) is 25.5 Å². The third kappa shape index (κ3) is 4.28. The van der Waals surface area contributed by atoms with Crippen molar-refractivity contribution in [3.8, 4) is 5.69 Å². The third-order valence-corrected chi connectivity index (χ3v) is 4.99. The second-order valence-electron chi connectivity index (χ2n) is 6.43. The molecule has 0 radical (unpaired) electrons. The zero-order valence-corrected chi connectivity index (χ0v) is 15.6. The summed E-state index contributed by atoms with van der Waals surface area (Å²) >= 11 is 5.95. The lowest BCUT2D eigenvalue weighted by atomic mass is 9.96. The van der Waals surface area contributed by atoms with Gasteiger partial charge in [-0.25, -0.2) is 0 Å². The maximum atomic E-state index is 12.7. The van der Waals surface area contributed by atoms with Gasteiger partial charge in [0.2, 0.25) is 5.91 Å². The molecule has 0 spiro atoms. The molecule has 26 heavy (non-hydrogen) atoms. The van der Waals surface area contributed by atoms with Crippen LogP contribution >= 0.6 is 11.6 Å². The fraction of sp³-hybridized carbons (Fsp3) is 0.400. The zero-order valence-electron chi connectivity index (χ0n) is 14.9. The summed E-state index contributed by atoms with van der Waals surface area (Å²) in [4.78, 5) is 26.3. The van der Waals surface area contributed by atoms with Crippen LogP contribution in [0.25, 0.3) is 5.69 Å². The Labute approximate surface area is 158 Å². The van der Waals surface area contributed by atoms with Crippen molar-refractivity contribution in [3.63, 3.8) is 0 Å². The van der Waals surface area contributed by atoms with Crippen LogP contribution in [0.3, 0.4) is 0 Å². The number of halogens is 1. The minimum absolute atomic E-state index is 0.0845. The van der Waals surface area contributed by atoms with Gasteiger partial charge in [-0.05, 0) is 56.2 Å². The van der Waals surface area contributed by atoms with E-state index in [-0.39, 0.29) is 17.8 Å². The molecule has 0 aliphatic carbocycles. The Morgan fingerprint density at radius 3 is 2.50 bits per heavy atom. The van der Waals surface area contributed by atoms with Gasteiger partial charge in [0.1, 0.15) is 0 Å². The Kier molecular flexibility index (Phi) is 5.99. The molecule has 0 N–H and O–H groups in total. The number of esters is 1. The molecule has 0 unspecified atom stereocenters. The summed E-state index contributed by atoms with van der Waals surface area (Å²) in [7, 11) is 0. The Hall–Kier alpha value is -2.27. The number of piperidine rings is 1. The largest absolute Gasteiger partial charge is 0.466 e. The van der Waals surface area contributed by atoms with E-state index in [1.807, 2.05) is 59.0 Å². The van der Waals surface area contributed by atoms with E-state index in [4.69, 9.17) is 16.3 Å². The minimum Gasteiger partial charge on any atom is -0.466 e. The molecule has 1 aliphatic heterocycles. The summed E-state index contributed by atoms with van der Waals surface area (Å²) < 4.78 is 7.08. The number of rotatable bonds is 5. The molecule has 0 atom stereocenters. The standard InChI is InChI=1S/C20H23ClN2O3/c1-2-26-20(25)15-9-12-22(13-10-15)19(24)14-18-4-3-11-23(18)17-7-5-16(21)6-8-17/h3-8,11,15H,2,9-10,12-14H2,1H3. The molecule has 1 fully saturated rings. The molecule has 1 amide bonds. The highest BCUT2D eigenvalue weighted by Crippen LogP contribution is 2.21. The lowest BCUT2D eigenvalue weighted by Crippen LogP contribution is -2.41. The van der Waals surface area contributed by atoms with Crippen LogP contribution in [0, 0.1) is 5.92 Å². The number of benzene rings is 1. The second kappa shape index (κ2) is 8.41. The van der Waals surface area contributed by atoms with Crippen molar-refractivity contribution in [1.82, 2.24) is 9.47 Å². The fourth-order valence-corrected chi connectivity index (χ4v) is 3.43. The summed E-state index contributed by atoms with van der Waals surface area (Å²) in [6.07, 6.45) is 3.62. The van der Waals surface area contributed by atoms with Gasteiger partial charge in [-0.15, -0.1) is 0 Å². The lowest BCUT2D eigenvalue weighted by Gasteiger charge is -2.31. The average molecular weight is 375 g/mol. The molecule has 2 heterocycles. The monoisotopic (exact) mass is 374 g/mol. The van der Waals surface area contributed by atoms with Gasteiger partial charge in [-0.3, -0.25) is 9.59 Å². The predicted molar refractivity (Wildman–Crippen MR) is 100 cm³/mol. The first-order valence-electron chi connectivity index (χ1n) is 8.95. The number of hydrogen-bond acceptors (Lipinski definition) is 3. The summed E-state index contributed by atoms with van der Waals surface area (Å²) in [5.74, 6) is -0.144. The smallest absolute Gasteiger partial charge is 0.309 e. The summed E-state index contributed by atoms with van der Waals surface area (Å²) in [5.41, 5.74) is 1.91. The number of hydrogen-bond donors (Lipinski definition) is 0. The first-order valence-corrected chi connectivity index (χ1v) is 9.33. The molecule has 2 aromatic rings. The Bertz CT molecular complexity index is 762. The van der Waals surface area contributed by atoms with Gasteiger partial charge in [0, 0.05) is 35.7 Å². The Balaban J connectivity index is 1.61. The molecule has 1 aromatic heterocycles. The van der Waals surface area contributed by atoms with Crippen molar-refractivity contribution in [2.45, 2.75) is 26.2 Å². The van der Waals surface area contributed by atoms with E-state index in [0.717, 1.165) is 11.4 Å². The molecule has 1 saturated heterocycles. The molecule has 138 valence electrons. The van der Waals surface area contributed by atoms with Gasteiger partial charge in [0.15, 0.2) is 0 Å². The van der Waals surface area contributed by atoms with Crippen molar-refractivity contribution in [3.05, 3.63) is 53.3 Å². The number of ether oxygens (including phenoxy) is 1. The number of amides is 1. The third-order valence-electron chi connectivity index (χ3n) is 4.74. The normalized spacial score (nSPS) is 15.1. The highest BCUT2D eigenvalue weighted by atomic mass is 35.5. The van der Waals surface area contributed by atoms with Crippen LogP contribution < -0.4 is 0 Å². The van der Waals surface area contributed by atoms with Gasteiger partial charge in [-0.1, -0.05) is 11.6 Å². The second-order valence-corrected chi connectivity index (χ2v) is 6.87. The van der Waals surface area contributed by atoms with E-state index in [0.29, 0.717) is 44.0 Å². The molecule has 0 bridgehead atoms. The molecule has 1 aromatic carbocycles. The van der Waals surface area contributed by atoms with Crippen molar-refractivity contribution in [2.75, 3.05) is 19.7 Å². The highest BCUT2D eigenvalue weighted by Gasteiger charge is 2.28. The topological polar surface area (TPSA) is 51.5 Å². The molecular formula is C20H23ClN2O3. The summed E-state index contributed by atoms with van der Waals surface area (Å²) in [5, 5.41) is 0.683. The Morgan fingerprint density at radius 2 is 1.85 bits per heavy atom. The predicted octanol–water partition coefficient (Wildman–Crippen LogP) is 3.47. The average Bonchev–Trinajstić information content (AvgIpc) is 3.11. The van der Waals surface area contributed by atoms with Gasteiger partial charge < -0.3 is 14.2 Å². The number of aromatic nitrogens is 1. The molecule has 6 heteroatoms. The molecule has 5 nitrogen and oxygen atoms in total. The van der Waals surface area contributed by atoms with E-state index in [9.17, 15) is 9.59 Å². The van der Waals surface area contributed by atoms with Crippen LogP contribution in [-0.4, -0.2) is 41.0 Å². The van der Waals surface area contributed by atoms with E-state index in [1.54, 1.807) is 0 Å². The van der Waals surface area contributed by atoms with E-state index < -0.39 is 0 Å². The maximum absolute atomic E-state index is 12.7. The number of likely N-dealkylation sites (tertiary alicyclic amines) is 1. The van der Waals surface area contributed by atoms with E-state index in [1.165, 1.54) is 0 Å². The van der Waals surface area contributed by atoms with Crippen molar-refractivity contribution >= 4 is 23.5 Å². The zero-order chi connectivity index (χ0) is 18.5. The molecular weight excluding hydrogens is 352 g/mol. The SMILES string of the molecule is CCOC(=O)C1CCN(C(=O)Cc2cccn2-c2ccc(Cl)cc2)CC1. The number of carbonyl (C=O) groups excluding carboxylic acids is 2. The fourth-order valence-electron chi connectivity index (χ4n) is 3.31. The van der Waals surface area contributed by atoms with Gasteiger partial charge in [0.25, 0.3) is 0 Å². The number of carbonyl (C=O) groups is 2.